The maximum atomic E-state index is 11.2. The quantitative estimate of drug-likeness (QED) is 0.805. The molecule has 1 saturated heterocycles. The second-order valence-electron chi connectivity index (χ2n) is 7.33. The molecule has 0 unspecified atom stereocenters. The molecule has 0 amide bonds. The lowest BCUT2D eigenvalue weighted by molar-refractivity contribution is -0.104. The fourth-order valence-corrected chi connectivity index (χ4v) is 4.11. The van der Waals surface area contributed by atoms with Gasteiger partial charge in [0.2, 0.25) is 0 Å². The van der Waals surface area contributed by atoms with E-state index in [2.05, 4.69) is 24.8 Å². The molecule has 2 fully saturated rings. The van der Waals surface area contributed by atoms with Crippen molar-refractivity contribution < 1.29 is 5.11 Å². The van der Waals surface area contributed by atoms with Gasteiger partial charge in [-0.3, -0.25) is 0 Å². The number of piperidine rings is 1. The standard InChI is InChI=1S/C17H30N2O/c1-15(2)13-19-11-9-17(20,10-12-19)16(14-18)7-5-3-4-6-8-16/h15,20H,3-13H2,1-2H3. The normalized spacial score (nSPS) is 26.9. The molecule has 1 aliphatic heterocycles. The van der Waals surface area contributed by atoms with E-state index in [0.29, 0.717) is 5.92 Å². The Bertz CT molecular complexity index is 342. The van der Waals surface area contributed by atoms with E-state index >= 15 is 0 Å². The first-order valence-corrected chi connectivity index (χ1v) is 8.37. The van der Waals surface area contributed by atoms with Crippen molar-refractivity contribution in [3.8, 4) is 6.07 Å². The highest BCUT2D eigenvalue weighted by molar-refractivity contribution is 5.13. The predicted molar refractivity (Wildman–Crippen MR) is 81.2 cm³/mol. The van der Waals surface area contributed by atoms with Gasteiger partial charge in [0.15, 0.2) is 0 Å². The second-order valence-corrected chi connectivity index (χ2v) is 7.33. The lowest BCUT2D eigenvalue weighted by atomic mass is 9.64. The lowest BCUT2D eigenvalue weighted by Gasteiger charge is -2.47. The first kappa shape index (κ1) is 15.8. The predicted octanol–water partition coefficient (Wildman–Crippen LogP) is 3.33. The zero-order valence-electron chi connectivity index (χ0n) is 13.2. The molecule has 1 N–H and O–H groups in total. The molecule has 3 heteroatoms. The molecule has 0 spiro atoms. The zero-order chi connectivity index (χ0) is 14.6. The topological polar surface area (TPSA) is 47.3 Å². The van der Waals surface area contributed by atoms with Crippen molar-refractivity contribution >= 4 is 0 Å². The van der Waals surface area contributed by atoms with Crippen LogP contribution in [0, 0.1) is 22.7 Å². The van der Waals surface area contributed by atoms with E-state index in [1.54, 1.807) is 0 Å². The average Bonchev–Trinajstić information content (AvgIpc) is 2.67. The molecule has 0 atom stereocenters. The summed E-state index contributed by atoms with van der Waals surface area (Å²) in [5, 5.41) is 20.9. The number of nitrogens with zero attached hydrogens (tertiary/aromatic N) is 2. The minimum atomic E-state index is -0.750. The molecule has 1 aliphatic carbocycles. The molecule has 0 aromatic heterocycles. The highest BCUT2D eigenvalue weighted by Crippen LogP contribution is 2.48. The zero-order valence-corrected chi connectivity index (χ0v) is 13.2. The molecular weight excluding hydrogens is 248 g/mol. The van der Waals surface area contributed by atoms with Crippen LogP contribution >= 0.6 is 0 Å². The number of hydrogen-bond donors (Lipinski definition) is 1. The third-order valence-electron chi connectivity index (χ3n) is 5.37. The Kier molecular flexibility index (Phi) is 5.09. The Morgan fingerprint density at radius 1 is 1.05 bits per heavy atom. The molecule has 1 heterocycles. The first-order chi connectivity index (χ1) is 9.51. The Morgan fingerprint density at radius 3 is 2.05 bits per heavy atom. The van der Waals surface area contributed by atoms with E-state index in [-0.39, 0.29) is 0 Å². The molecule has 114 valence electrons. The maximum Gasteiger partial charge on any atom is 0.0861 e. The molecule has 2 rings (SSSR count). The van der Waals surface area contributed by atoms with Crippen LogP contribution in [0.4, 0.5) is 0 Å². The van der Waals surface area contributed by atoms with Crippen LogP contribution in [0.2, 0.25) is 0 Å². The van der Waals surface area contributed by atoms with Crippen LogP contribution in [0.15, 0.2) is 0 Å². The minimum Gasteiger partial charge on any atom is -0.388 e. The molecule has 1 saturated carbocycles. The molecule has 3 nitrogen and oxygen atoms in total. The minimum absolute atomic E-state index is 0.479. The second kappa shape index (κ2) is 6.45. The van der Waals surface area contributed by atoms with Crippen LogP contribution in [0.1, 0.15) is 65.2 Å². The molecule has 20 heavy (non-hydrogen) atoms. The van der Waals surface area contributed by atoms with Crippen molar-refractivity contribution in [1.82, 2.24) is 4.90 Å². The van der Waals surface area contributed by atoms with Gasteiger partial charge in [-0.1, -0.05) is 39.5 Å². The summed E-state index contributed by atoms with van der Waals surface area (Å²) in [5.74, 6) is 0.670. The summed E-state index contributed by atoms with van der Waals surface area (Å²) >= 11 is 0. The van der Waals surface area contributed by atoms with Gasteiger partial charge >= 0.3 is 0 Å². The van der Waals surface area contributed by atoms with Gasteiger partial charge in [0, 0.05) is 19.6 Å². The number of likely N-dealkylation sites (tertiary alicyclic amines) is 1. The van der Waals surface area contributed by atoms with Crippen LogP contribution in [0.5, 0.6) is 0 Å². The summed E-state index contributed by atoms with van der Waals surface area (Å²) in [7, 11) is 0. The molecular formula is C17H30N2O. The molecule has 0 aromatic rings. The van der Waals surface area contributed by atoms with Crippen molar-refractivity contribution in [2.45, 2.75) is 70.8 Å². The summed E-state index contributed by atoms with van der Waals surface area (Å²) in [6, 6.07) is 2.55. The molecule has 0 bridgehead atoms. The average molecular weight is 278 g/mol. The molecule has 2 aliphatic rings. The summed E-state index contributed by atoms with van der Waals surface area (Å²) in [5.41, 5.74) is -1.23. The van der Waals surface area contributed by atoms with Gasteiger partial charge < -0.3 is 10.0 Å². The van der Waals surface area contributed by atoms with Crippen LogP contribution in [-0.4, -0.2) is 35.2 Å². The lowest BCUT2D eigenvalue weighted by Crippen LogP contribution is -2.54. The maximum absolute atomic E-state index is 11.2. The van der Waals surface area contributed by atoms with E-state index in [4.69, 9.17) is 0 Å². The number of rotatable bonds is 3. The van der Waals surface area contributed by atoms with Gasteiger partial charge in [0.1, 0.15) is 0 Å². The summed E-state index contributed by atoms with van der Waals surface area (Å²) in [6.07, 6.45) is 7.98. The van der Waals surface area contributed by atoms with E-state index < -0.39 is 11.0 Å². The number of aliphatic hydroxyl groups is 1. The Labute approximate surface area is 124 Å². The molecule has 0 radical (unpaired) electrons. The summed E-state index contributed by atoms with van der Waals surface area (Å²) in [4.78, 5) is 2.45. The smallest absolute Gasteiger partial charge is 0.0861 e. The van der Waals surface area contributed by atoms with Crippen LogP contribution in [0.25, 0.3) is 0 Å². The molecule has 0 aromatic carbocycles. The van der Waals surface area contributed by atoms with Gasteiger partial charge in [0.05, 0.1) is 17.1 Å². The summed E-state index contributed by atoms with van der Waals surface area (Å²) in [6.45, 7) is 7.47. The van der Waals surface area contributed by atoms with E-state index in [9.17, 15) is 10.4 Å². The Balaban J connectivity index is 2.05. The van der Waals surface area contributed by atoms with Crippen molar-refractivity contribution in [3.05, 3.63) is 0 Å². The van der Waals surface area contributed by atoms with Crippen LogP contribution in [-0.2, 0) is 0 Å². The van der Waals surface area contributed by atoms with Gasteiger partial charge in [-0.15, -0.1) is 0 Å². The van der Waals surface area contributed by atoms with Gasteiger partial charge in [-0.25, -0.2) is 0 Å². The van der Waals surface area contributed by atoms with Gasteiger partial charge in [0.25, 0.3) is 0 Å². The van der Waals surface area contributed by atoms with Crippen molar-refractivity contribution in [3.63, 3.8) is 0 Å². The van der Waals surface area contributed by atoms with Crippen molar-refractivity contribution in [2.75, 3.05) is 19.6 Å². The third kappa shape index (κ3) is 3.18. The van der Waals surface area contributed by atoms with E-state index in [1.807, 2.05) is 0 Å². The van der Waals surface area contributed by atoms with Gasteiger partial charge in [-0.2, -0.15) is 5.26 Å². The summed E-state index contributed by atoms with van der Waals surface area (Å²) < 4.78 is 0. The van der Waals surface area contributed by atoms with Crippen LogP contribution < -0.4 is 0 Å². The number of nitriles is 1. The van der Waals surface area contributed by atoms with Crippen molar-refractivity contribution in [1.29, 1.82) is 5.26 Å². The monoisotopic (exact) mass is 278 g/mol. The largest absolute Gasteiger partial charge is 0.388 e. The first-order valence-electron chi connectivity index (χ1n) is 8.37. The Morgan fingerprint density at radius 2 is 1.60 bits per heavy atom. The highest BCUT2D eigenvalue weighted by Gasteiger charge is 2.51. The van der Waals surface area contributed by atoms with Gasteiger partial charge in [-0.05, 0) is 31.6 Å². The SMILES string of the molecule is CC(C)CN1CCC(O)(C2(C#N)CCCCCC2)CC1. The van der Waals surface area contributed by atoms with E-state index in [1.165, 1.54) is 12.8 Å². The van der Waals surface area contributed by atoms with E-state index in [0.717, 1.165) is 58.2 Å². The Hall–Kier alpha value is -0.590. The van der Waals surface area contributed by atoms with Crippen LogP contribution in [0.3, 0.4) is 0 Å². The number of hydrogen-bond acceptors (Lipinski definition) is 3. The highest BCUT2D eigenvalue weighted by atomic mass is 16.3. The fraction of sp³-hybridized carbons (Fsp3) is 0.941. The third-order valence-corrected chi connectivity index (χ3v) is 5.37. The van der Waals surface area contributed by atoms with Crippen molar-refractivity contribution in [2.24, 2.45) is 11.3 Å². The fourth-order valence-electron chi connectivity index (χ4n) is 4.11.